The number of hydrogen-bond donors (Lipinski definition) is 1. The first-order valence-electron chi connectivity index (χ1n) is 7.51. The third-order valence-corrected chi connectivity index (χ3v) is 4.29. The summed E-state index contributed by atoms with van der Waals surface area (Å²) in [7, 11) is 0. The van der Waals surface area contributed by atoms with Gasteiger partial charge >= 0.3 is 0 Å². The number of rotatable bonds is 5. The van der Waals surface area contributed by atoms with Gasteiger partial charge in [-0.25, -0.2) is 8.78 Å². The fraction of sp³-hybridized carbons (Fsp3) is 0.625. The van der Waals surface area contributed by atoms with E-state index in [1.807, 2.05) is 6.92 Å². The Labute approximate surface area is 132 Å². The van der Waals surface area contributed by atoms with Crippen LogP contribution in [0.5, 0.6) is 0 Å². The van der Waals surface area contributed by atoms with Gasteiger partial charge in [0.2, 0.25) is 0 Å². The predicted octanol–water partition coefficient (Wildman–Crippen LogP) is 3.77. The van der Waals surface area contributed by atoms with Gasteiger partial charge < -0.3 is 5.32 Å². The third-order valence-electron chi connectivity index (χ3n) is 4.29. The van der Waals surface area contributed by atoms with Crippen molar-refractivity contribution in [2.24, 2.45) is 5.92 Å². The zero-order valence-corrected chi connectivity index (χ0v) is 13.6. The van der Waals surface area contributed by atoms with Gasteiger partial charge in [0.25, 0.3) is 0 Å². The van der Waals surface area contributed by atoms with Crippen LogP contribution in [0, 0.1) is 17.6 Å². The Morgan fingerprint density at radius 1 is 1.29 bits per heavy atom. The van der Waals surface area contributed by atoms with E-state index in [1.54, 1.807) is 0 Å². The Morgan fingerprint density at radius 3 is 2.57 bits per heavy atom. The molecular formula is C16H25ClF2N2. The van der Waals surface area contributed by atoms with E-state index in [-0.39, 0.29) is 30.1 Å². The molecule has 1 aliphatic heterocycles. The summed E-state index contributed by atoms with van der Waals surface area (Å²) < 4.78 is 27.1. The van der Waals surface area contributed by atoms with Crippen LogP contribution in [0.3, 0.4) is 0 Å². The second-order valence-electron chi connectivity index (χ2n) is 5.63. The molecule has 0 aromatic heterocycles. The lowest BCUT2D eigenvalue weighted by Gasteiger charge is -2.36. The Balaban J connectivity index is 0.00000220. The van der Waals surface area contributed by atoms with Crippen molar-refractivity contribution in [1.82, 2.24) is 10.2 Å². The van der Waals surface area contributed by atoms with E-state index >= 15 is 0 Å². The largest absolute Gasteiger partial charge is 0.317 e. The molecule has 2 nitrogen and oxygen atoms in total. The minimum Gasteiger partial charge on any atom is -0.317 e. The molecule has 0 aliphatic carbocycles. The molecule has 0 amide bonds. The van der Waals surface area contributed by atoms with E-state index in [1.165, 1.54) is 18.2 Å². The van der Waals surface area contributed by atoms with Gasteiger partial charge in [-0.1, -0.05) is 6.92 Å². The van der Waals surface area contributed by atoms with E-state index in [4.69, 9.17) is 0 Å². The van der Waals surface area contributed by atoms with Gasteiger partial charge in [0.15, 0.2) is 0 Å². The van der Waals surface area contributed by atoms with Gasteiger partial charge in [-0.3, -0.25) is 4.90 Å². The van der Waals surface area contributed by atoms with Gasteiger partial charge in [-0.2, -0.15) is 0 Å². The molecule has 21 heavy (non-hydrogen) atoms. The zero-order chi connectivity index (χ0) is 14.5. The van der Waals surface area contributed by atoms with Crippen molar-refractivity contribution in [3.05, 3.63) is 35.4 Å². The molecule has 1 unspecified atom stereocenters. The van der Waals surface area contributed by atoms with Crippen molar-refractivity contribution in [2.75, 3.05) is 26.2 Å². The van der Waals surface area contributed by atoms with Gasteiger partial charge in [0, 0.05) is 11.6 Å². The van der Waals surface area contributed by atoms with Crippen molar-refractivity contribution in [1.29, 1.82) is 0 Å². The van der Waals surface area contributed by atoms with Crippen LogP contribution in [0.2, 0.25) is 0 Å². The molecule has 1 aromatic rings. The highest BCUT2D eigenvalue weighted by Gasteiger charge is 2.25. The van der Waals surface area contributed by atoms with Crippen LogP contribution in [-0.4, -0.2) is 31.1 Å². The third kappa shape index (κ3) is 4.90. The highest BCUT2D eigenvalue weighted by molar-refractivity contribution is 5.85. The summed E-state index contributed by atoms with van der Waals surface area (Å²) in [4.78, 5) is 2.25. The smallest absolute Gasteiger partial charge is 0.128 e. The Kier molecular flexibility index (Phi) is 7.57. The molecule has 120 valence electrons. The van der Waals surface area contributed by atoms with Crippen molar-refractivity contribution >= 4 is 12.4 Å². The molecular weight excluding hydrogens is 294 g/mol. The average molecular weight is 319 g/mol. The summed E-state index contributed by atoms with van der Waals surface area (Å²) in [6, 6.07) is 3.66. The molecule has 0 bridgehead atoms. The van der Waals surface area contributed by atoms with E-state index in [0.29, 0.717) is 11.5 Å². The Morgan fingerprint density at radius 2 is 1.95 bits per heavy atom. The van der Waals surface area contributed by atoms with Crippen molar-refractivity contribution in [3.63, 3.8) is 0 Å². The number of nitrogens with one attached hydrogen (secondary N) is 1. The number of nitrogens with zero attached hydrogens (tertiary/aromatic N) is 1. The quantitative estimate of drug-likeness (QED) is 0.889. The Bertz CT molecular complexity index is 434. The van der Waals surface area contributed by atoms with Crippen LogP contribution in [0.15, 0.2) is 18.2 Å². The lowest BCUT2D eigenvalue weighted by Crippen LogP contribution is -2.38. The molecule has 1 aliphatic rings. The highest BCUT2D eigenvalue weighted by atomic mass is 35.5. The summed E-state index contributed by atoms with van der Waals surface area (Å²) in [5.41, 5.74) is 0.468. The lowest BCUT2D eigenvalue weighted by atomic mass is 9.94. The Hall–Kier alpha value is -0.710. The maximum Gasteiger partial charge on any atom is 0.128 e. The van der Waals surface area contributed by atoms with Crippen molar-refractivity contribution < 1.29 is 8.78 Å². The number of likely N-dealkylation sites (tertiary alicyclic amines) is 1. The van der Waals surface area contributed by atoms with Gasteiger partial charge in [0.05, 0.1) is 0 Å². The number of piperidine rings is 1. The number of benzene rings is 1. The van der Waals surface area contributed by atoms with E-state index < -0.39 is 0 Å². The summed E-state index contributed by atoms with van der Waals surface area (Å²) in [5.74, 6) is 0.0275. The summed E-state index contributed by atoms with van der Waals surface area (Å²) in [6.07, 6.45) is 2.24. The average Bonchev–Trinajstić information content (AvgIpc) is 2.47. The van der Waals surface area contributed by atoms with E-state index in [0.717, 1.165) is 39.0 Å². The summed E-state index contributed by atoms with van der Waals surface area (Å²) in [6.45, 7) is 8.05. The van der Waals surface area contributed by atoms with Crippen molar-refractivity contribution in [3.8, 4) is 0 Å². The first-order valence-corrected chi connectivity index (χ1v) is 7.51. The first kappa shape index (κ1) is 18.3. The van der Waals surface area contributed by atoms with E-state index in [2.05, 4.69) is 17.1 Å². The van der Waals surface area contributed by atoms with Crippen LogP contribution in [0.1, 0.15) is 38.3 Å². The zero-order valence-electron chi connectivity index (χ0n) is 12.7. The molecule has 1 heterocycles. The van der Waals surface area contributed by atoms with Gasteiger partial charge in [-0.15, -0.1) is 12.4 Å². The second-order valence-corrected chi connectivity index (χ2v) is 5.63. The molecule has 1 fully saturated rings. The monoisotopic (exact) mass is 318 g/mol. The molecule has 5 heteroatoms. The number of hydrogen-bond acceptors (Lipinski definition) is 2. The molecule has 1 N–H and O–H groups in total. The molecule has 1 atom stereocenters. The fourth-order valence-corrected chi connectivity index (χ4v) is 2.92. The summed E-state index contributed by atoms with van der Waals surface area (Å²) in [5, 5.41) is 3.38. The highest BCUT2D eigenvalue weighted by Crippen LogP contribution is 2.28. The topological polar surface area (TPSA) is 15.3 Å². The van der Waals surface area contributed by atoms with Crippen molar-refractivity contribution in [2.45, 2.75) is 32.7 Å². The SMILES string of the molecule is CCNCC1CCN(C(C)c2cc(F)ccc2F)CC1.Cl. The summed E-state index contributed by atoms with van der Waals surface area (Å²) >= 11 is 0. The van der Waals surface area contributed by atoms with Gasteiger partial charge in [-0.05, 0) is 70.1 Å². The minimum absolute atomic E-state index is 0. The van der Waals surface area contributed by atoms with Crippen LogP contribution >= 0.6 is 12.4 Å². The molecule has 1 saturated heterocycles. The fourth-order valence-electron chi connectivity index (χ4n) is 2.92. The standard InChI is InChI=1S/C16H24F2N2.ClH/c1-3-19-11-13-6-8-20(9-7-13)12(2)15-10-14(17)4-5-16(15)18;/h4-5,10,12-13,19H,3,6-9,11H2,1-2H3;1H. The van der Waals surface area contributed by atoms with Crippen LogP contribution < -0.4 is 5.32 Å². The van der Waals surface area contributed by atoms with Gasteiger partial charge in [0.1, 0.15) is 11.6 Å². The molecule has 0 spiro atoms. The van der Waals surface area contributed by atoms with Crippen LogP contribution in [0.4, 0.5) is 8.78 Å². The normalized spacial score (nSPS) is 18.3. The second kappa shape index (κ2) is 8.66. The molecule has 2 rings (SSSR count). The predicted molar refractivity (Wildman–Crippen MR) is 84.9 cm³/mol. The maximum atomic E-state index is 13.8. The first-order chi connectivity index (χ1) is 9.61. The van der Waals surface area contributed by atoms with E-state index in [9.17, 15) is 8.78 Å². The maximum absolute atomic E-state index is 13.8. The lowest BCUT2D eigenvalue weighted by molar-refractivity contribution is 0.138. The molecule has 0 radical (unpaired) electrons. The van der Waals surface area contributed by atoms with Crippen LogP contribution in [-0.2, 0) is 0 Å². The molecule has 0 saturated carbocycles. The molecule has 1 aromatic carbocycles. The number of halogens is 3. The van der Waals surface area contributed by atoms with Crippen LogP contribution in [0.25, 0.3) is 0 Å². The minimum atomic E-state index is -0.365.